The van der Waals surface area contributed by atoms with Gasteiger partial charge >= 0.3 is 0 Å². The van der Waals surface area contributed by atoms with Crippen LogP contribution in [0.1, 0.15) is 445 Å². The van der Waals surface area contributed by atoms with Crippen molar-refractivity contribution in [3.05, 3.63) is 210 Å². The fourth-order valence-corrected chi connectivity index (χ4v) is 19.5. The molecule has 4 aromatic rings. The Balaban J connectivity index is 1.65. The third kappa shape index (κ3) is 24.8. The minimum Gasteiger partial charge on any atom is -0.340 e. The number of carbonyl (C=O) groups is 4. The van der Waals surface area contributed by atoms with Crippen LogP contribution in [0.2, 0.25) is 0 Å². The topological polar surface area (TPSA) is 88.0 Å². The highest BCUT2D eigenvalue weighted by atomic mass is 16.1. The van der Waals surface area contributed by atoms with Crippen LogP contribution in [0.15, 0.2) is 164 Å². The fourth-order valence-electron chi connectivity index (χ4n) is 19.5. The molecule has 0 amide bonds. The monoisotopic (exact) mass is 1690 g/mol. The van der Waals surface area contributed by atoms with Crippen molar-refractivity contribution in [2.45, 2.75) is 426 Å². The number of unbranched alkanes of at least 4 members (excludes halogenated alkanes) is 28. The summed E-state index contributed by atoms with van der Waals surface area (Å²) in [5.74, 6) is 0.432. The second-order valence-electron chi connectivity index (χ2n) is 46.0. The summed E-state index contributed by atoms with van der Waals surface area (Å²) in [6.07, 6.45) is 55.6. The van der Waals surface area contributed by atoms with Gasteiger partial charge in [0.2, 0.25) is 0 Å². The molecule has 0 saturated heterocycles. The van der Waals surface area contributed by atoms with E-state index in [4.69, 9.17) is 0 Å². The quantitative estimate of drug-likeness (QED) is 0.0374. The summed E-state index contributed by atoms with van der Waals surface area (Å²) >= 11 is 0. The van der Waals surface area contributed by atoms with E-state index in [1.54, 1.807) is 0 Å². The van der Waals surface area contributed by atoms with E-state index in [1.165, 1.54) is 128 Å². The Morgan fingerprint density at radius 2 is 0.290 bits per heavy atom. The van der Waals surface area contributed by atoms with Crippen molar-refractivity contribution in [2.24, 2.45) is 43.3 Å². The number of ketones is 4. The normalized spacial score (nSPS) is 16.4. The number of nitrogens with zero attached hydrogens (tertiary/aromatic N) is 4. The van der Waals surface area contributed by atoms with E-state index in [-0.39, 0.29) is 23.1 Å². The van der Waals surface area contributed by atoms with E-state index in [2.05, 4.69) is 309 Å². The zero-order valence-electron chi connectivity index (χ0n) is 84.1. The largest absolute Gasteiger partial charge is 0.340 e. The Morgan fingerprint density at radius 3 is 0.403 bits per heavy atom. The first-order chi connectivity index (χ1) is 58.2. The molecule has 124 heavy (non-hydrogen) atoms. The van der Waals surface area contributed by atoms with Crippen molar-refractivity contribution < 1.29 is 19.2 Å². The molecule has 0 unspecified atom stereocenters. The summed E-state index contributed by atoms with van der Waals surface area (Å²) in [4.78, 5) is 63.2. The van der Waals surface area contributed by atoms with Crippen LogP contribution in [-0.2, 0) is 45.4 Å². The van der Waals surface area contributed by atoms with Crippen LogP contribution in [0.5, 0.6) is 0 Å². The van der Waals surface area contributed by atoms with Gasteiger partial charge in [-0.1, -0.05) is 374 Å². The van der Waals surface area contributed by atoms with E-state index in [1.807, 2.05) is 0 Å². The van der Waals surface area contributed by atoms with Gasteiger partial charge in [0, 0.05) is 93.1 Å². The highest BCUT2D eigenvalue weighted by Gasteiger charge is 2.43. The lowest BCUT2D eigenvalue weighted by atomic mass is 9.71. The van der Waals surface area contributed by atoms with Crippen molar-refractivity contribution in [3.8, 4) is 0 Å². The molecule has 0 aromatic carbocycles. The van der Waals surface area contributed by atoms with Crippen molar-refractivity contribution in [1.82, 2.24) is 18.3 Å². The lowest BCUT2D eigenvalue weighted by Gasteiger charge is -2.33. The highest BCUT2D eigenvalue weighted by Crippen LogP contribution is 2.52. The molecule has 0 atom stereocenters. The molecule has 680 valence electrons. The van der Waals surface area contributed by atoms with Crippen molar-refractivity contribution in [3.63, 3.8) is 0 Å². The number of carbonyl (C=O) groups excluding carboxylic acids is 4. The Bertz CT molecular complexity index is 3990. The number of hydrogen-bond donors (Lipinski definition) is 0. The average Bonchev–Trinajstić information content (AvgIpc) is 1.57. The second-order valence-corrected chi connectivity index (χ2v) is 46.0. The van der Waals surface area contributed by atoms with Gasteiger partial charge in [-0.2, -0.15) is 0 Å². The maximum atomic E-state index is 15.8. The SMILES string of the molecule is CCCCCCCCCCn1c2ccc1C(=C1C=C(C(C)(C)C)C(=O)C(C(C)(C)C)=C1)c1ccc(n1CCCCCCCCCC)C(=C1C=C(C(C)(C)C)C(=O)C(C(C)(C)C)=C1)c1ccc(n1CCCCCCCCCC)C(=C1C=C(C(C)(C)C)C(=O)C(C(C)(C)C)=C1)c1ccc(n1CCCCCCCCCC)C2=C1C=C(C(C)(C)C)C(=O)C(C(C)(C)C)=C1. The van der Waals surface area contributed by atoms with Crippen LogP contribution in [-0.4, -0.2) is 41.4 Å². The zero-order valence-corrected chi connectivity index (χ0v) is 84.1. The Morgan fingerprint density at radius 1 is 0.177 bits per heavy atom. The molecular formula is C116H172N4O4. The van der Waals surface area contributed by atoms with Crippen LogP contribution in [0.4, 0.5) is 0 Å². The Hall–Kier alpha value is -7.32. The number of fused-ring (bicyclic) bond motifs is 8. The third-order valence-corrected chi connectivity index (χ3v) is 26.9. The number of aromatic nitrogens is 4. The molecule has 4 aromatic heterocycles. The minimum absolute atomic E-state index is 0.108. The van der Waals surface area contributed by atoms with E-state index in [9.17, 15) is 0 Å². The Kier molecular flexibility index (Phi) is 34.6. The molecule has 0 N–H and O–H groups in total. The molecule has 8 heteroatoms. The number of allylic oxidation sites excluding steroid dienone is 20. The van der Waals surface area contributed by atoms with Gasteiger partial charge in [-0.3, -0.25) is 19.2 Å². The molecule has 0 radical (unpaired) electrons. The molecule has 8 nitrogen and oxygen atoms in total. The molecule has 5 aliphatic rings. The molecule has 5 heterocycles. The fraction of sp³-hybridized carbons (Fsp3) is 0.621. The summed E-state index contributed by atoms with van der Waals surface area (Å²) in [7, 11) is 0. The van der Waals surface area contributed by atoms with Gasteiger partial charge in [-0.25, -0.2) is 0 Å². The molecule has 0 fully saturated rings. The molecular weight excluding hydrogens is 1510 g/mol. The van der Waals surface area contributed by atoms with Gasteiger partial charge in [0.1, 0.15) is 0 Å². The van der Waals surface area contributed by atoms with Gasteiger partial charge in [0.15, 0.2) is 23.1 Å². The first-order valence-corrected chi connectivity index (χ1v) is 50.0. The molecule has 0 saturated carbocycles. The summed E-state index contributed by atoms with van der Waals surface area (Å²) < 4.78 is 10.9. The first-order valence-electron chi connectivity index (χ1n) is 50.0. The molecule has 8 bridgehead atoms. The van der Waals surface area contributed by atoms with Crippen molar-refractivity contribution in [2.75, 3.05) is 0 Å². The third-order valence-electron chi connectivity index (χ3n) is 26.9. The standard InChI is InChI=1S/C116H172N4O4/c1-29-33-37-41-45-49-53-57-69-117-93-61-62-94(117)102(82-75-87(111(11,12)13)106(122)88(76-82)112(14,15)16)96-64-66-98(119(96)71-59-55-51-47-43-39-35-31-3)104(84-79-91(115(23,24)25)108(124)92(80-84)116(26,27)28)100-68-67-99(120(100)72-60-56-52-48-44-40-36-32-4)103(83-77-89(113(17,18)19)107(123)90(78-83)114(20,21)22)97-65-63-95(118(97)70-58-54-50-46-42-38-34-30-2)101(93)81-73-85(109(5,6)7)105(121)86(74-81)110(8,9)10/h61-68,73-80H,29-60,69-72H2,1-28H3. The van der Waals surface area contributed by atoms with Crippen LogP contribution in [0.3, 0.4) is 0 Å². The van der Waals surface area contributed by atoms with E-state index in [0.29, 0.717) is 26.2 Å². The maximum absolute atomic E-state index is 15.8. The van der Waals surface area contributed by atoms with E-state index < -0.39 is 43.3 Å². The molecule has 9 rings (SSSR count). The first kappa shape index (κ1) is 100. The van der Waals surface area contributed by atoms with Crippen LogP contribution in [0.25, 0.3) is 22.3 Å². The predicted molar refractivity (Wildman–Crippen MR) is 533 cm³/mol. The lowest BCUT2D eigenvalue weighted by Crippen LogP contribution is -2.28. The molecule has 1 aliphatic heterocycles. The van der Waals surface area contributed by atoms with Gasteiger partial charge in [-0.15, -0.1) is 0 Å². The van der Waals surface area contributed by atoms with Crippen LogP contribution < -0.4 is 0 Å². The zero-order chi connectivity index (χ0) is 91.2. The van der Waals surface area contributed by atoms with Gasteiger partial charge in [0.05, 0.1) is 45.6 Å². The van der Waals surface area contributed by atoms with Gasteiger partial charge in [0.25, 0.3) is 0 Å². The van der Waals surface area contributed by atoms with Gasteiger partial charge in [-0.05, 0) is 188 Å². The highest BCUT2D eigenvalue weighted by molar-refractivity contribution is 6.16. The number of rotatable bonds is 36. The van der Waals surface area contributed by atoms with E-state index >= 15 is 19.2 Å². The average molecular weight is 1690 g/mol. The minimum atomic E-state index is -0.513. The smallest absolute Gasteiger partial charge is 0.186 e. The summed E-state index contributed by atoms with van der Waals surface area (Å²) in [5.41, 5.74) is 19.5. The lowest BCUT2D eigenvalue weighted by molar-refractivity contribution is -0.114. The van der Waals surface area contributed by atoms with E-state index in [0.717, 1.165) is 212 Å². The van der Waals surface area contributed by atoms with Crippen molar-refractivity contribution >= 4 is 45.4 Å². The molecule has 0 spiro atoms. The predicted octanol–water partition coefficient (Wildman–Crippen LogP) is 33.1. The van der Waals surface area contributed by atoms with Gasteiger partial charge < -0.3 is 18.3 Å². The maximum Gasteiger partial charge on any atom is 0.186 e. The summed E-state index contributed by atoms with van der Waals surface area (Å²) in [6, 6.07) is 19.6. The summed E-state index contributed by atoms with van der Waals surface area (Å²) in [6.45, 7) is 65.4. The van der Waals surface area contributed by atoms with Crippen molar-refractivity contribution in [1.29, 1.82) is 0 Å². The van der Waals surface area contributed by atoms with Crippen LogP contribution >= 0.6 is 0 Å². The van der Waals surface area contributed by atoms with Crippen LogP contribution in [0, 0.1) is 43.3 Å². The second kappa shape index (κ2) is 42.7. The number of Topliss-reactive ketones (excluding diaryl/α,β-unsaturated/α-hetero) is 4. The summed E-state index contributed by atoms with van der Waals surface area (Å²) in [5, 5.41) is 0. The number of hydrogen-bond acceptors (Lipinski definition) is 4. The molecule has 4 aliphatic carbocycles. The Labute approximate surface area is 756 Å².